The highest BCUT2D eigenvalue weighted by molar-refractivity contribution is 6.03. The number of halogens is 1. The van der Waals surface area contributed by atoms with Crippen LogP contribution in [0.25, 0.3) is 0 Å². The molecule has 0 N–H and O–H groups in total. The number of benzene rings is 2. The van der Waals surface area contributed by atoms with Gasteiger partial charge in [-0.05, 0) is 47.5 Å². The van der Waals surface area contributed by atoms with E-state index in [0.717, 1.165) is 11.1 Å². The van der Waals surface area contributed by atoms with E-state index in [9.17, 15) is 14.0 Å². The molecule has 0 bridgehead atoms. The molecule has 3 heterocycles. The average molecular weight is 449 g/mol. The number of carbonyl (C=O) groups is 2. The van der Waals surface area contributed by atoms with Crippen molar-refractivity contribution in [2.45, 2.75) is 12.5 Å². The second-order valence-electron chi connectivity index (χ2n) is 7.76. The zero-order valence-corrected chi connectivity index (χ0v) is 17.7. The Balaban J connectivity index is 1.42. The van der Waals surface area contributed by atoms with Gasteiger partial charge in [0.05, 0.1) is 18.0 Å². The van der Waals surface area contributed by atoms with Gasteiger partial charge in [0.25, 0.3) is 11.8 Å². The van der Waals surface area contributed by atoms with Crippen LogP contribution >= 0.6 is 0 Å². The summed E-state index contributed by atoms with van der Waals surface area (Å²) in [6.45, 7) is -0.0517. The van der Waals surface area contributed by atoms with E-state index in [1.807, 2.05) is 12.1 Å². The van der Waals surface area contributed by atoms with Gasteiger partial charge in [-0.25, -0.2) is 9.40 Å². The van der Waals surface area contributed by atoms with Crippen LogP contribution in [0.2, 0.25) is 0 Å². The molecule has 168 valence electrons. The SMILES string of the molecule is CN(CC(=O)N1N=C(c2ccc(F)cc2)C[C@@H]1c1ccc2c(c1)OCO2)C(=O)c1ccco1. The van der Waals surface area contributed by atoms with Crippen molar-refractivity contribution in [2.24, 2.45) is 5.10 Å². The van der Waals surface area contributed by atoms with E-state index < -0.39 is 11.9 Å². The Morgan fingerprint density at radius 3 is 2.67 bits per heavy atom. The standard InChI is InChI=1S/C24H20FN3O5/c1-27(24(30)21-3-2-10-31-21)13-23(29)28-19(16-6-9-20-22(11-16)33-14-32-20)12-18(26-28)15-4-7-17(25)8-5-15/h2-11,19H,12-14H2,1H3/t19-/m1/s1. The summed E-state index contributed by atoms with van der Waals surface area (Å²) in [4.78, 5) is 27.1. The van der Waals surface area contributed by atoms with E-state index in [-0.39, 0.29) is 30.8 Å². The number of hydrogen-bond donors (Lipinski definition) is 0. The molecule has 0 radical (unpaired) electrons. The molecule has 1 aromatic heterocycles. The van der Waals surface area contributed by atoms with Crippen LogP contribution in [-0.2, 0) is 4.79 Å². The van der Waals surface area contributed by atoms with Gasteiger partial charge in [0.2, 0.25) is 6.79 Å². The van der Waals surface area contributed by atoms with Gasteiger partial charge in [0.1, 0.15) is 12.4 Å². The minimum atomic E-state index is -0.417. The molecule has 9 heteroatoms. The highest BCUT2D eigenvalue weighted by atomic mass is 19.1. The highest BCUT2D eigenvalue weighted by Gasteiger charge is 2.35. The Hall–Kier alpha value is -4.14. The fourth-order valence-electron chi connectivity index (χ4n) is 3.87. The molecule has 0 aliphatic carbocycles. The fraction of sp³-hybridized carbons (Fsp3) is 0.208. The van der Waals surface area contributed by atoms with Crippen LogP contribution < -0.4 is 9.47 Å². The Bertz CT molecular complexity index is 1220. The molecule has 0 saturated heterocycles. The molecule has 2 amide bonds. The number of hydrazone groups is 1. The molecule has 0 spiro atoms. The molecule has 1 atom stereocenters. The number of likely N-dealkylation sites (N-methyl/N-ethyl adjacent to an activating group) is 1. The van der Waals surface area contributed by atoms with Gasteiger partial charge in [-0.2, -0.15) is 5.10 Å². The zero-order valence-electron chi connectivity index (χ0n) is 17.7. The summed E-state index contributed by atoms with van der Waals surface area (Å²) in [6.07, 6.45) is 1.82. The van der Waals surface area contributed by atoms with Crippen molar-refractivity contribution in [2.75, 3.05) is 20.4 Å². The van der Waals surface area contributed by atoms with Gasteiger partial charge in [0, 0.05) is 13.5 Å². The van der Waals surface area contributed by atoms with Crippen molar-refractivity contribution in [1.82, 2.24) is 9.91 Å². The van der Waals surface area contributed by atoms with Gasteiger partial charge in [-0.3, -0.25) is 9.59 Å². The van der Waals surface area contributed by atoms with Gasteiger partial charge >= 0.3 is 0 Å². The van der Waals surface area contributed by atoms with Crippen molar-refractivity contribution in [3.8, 4) is 11.5 Å². The first-order valence-corrected chi connectivity index (χ1v) is 10.3. The number of nitrogens with zero attached hydrogens (tertiary/aromatic N) is 3. The lowest BCUT2D eigenvalue weighted by atomic mass is 9.98. The van der Waals surface area contributed by atoms with E-state index in [0.29, 0.717) is 23.6 Å². The van der Waals surface area contributed by atoms with Crippen LogP contribution in [-0.4, -0.2) is 47.8 Å². The van der Waals surface area contributed by atoms with Crippen molar-refractivity contribution in [3.63, 3.8) is 0 Å². The number of ether oxygens (including phenoxy) is 2. The van der Waals surface area contributed by atoms with Crippen LogP contribution in [0.1, 0.15) is 34.1 Å². The lowest BCUT2D eigenvalue weighted by molar-refractivity contribution is -0.133. The van der Waals surface area contributed by atoms with E-state index in [1.165, 1.54) is 35.4 Å². The van der Waals surface area contributed by atoms with E-state index in [1.54, 1.807) is 30.3 Å². The summed E-state index contributed by atoms with van der Waals surface area (Å²) in [6, 6.07) is 14.2. The van der Waals surface area contributed by atoms with Crippen molar-refractivity contribution >= 4 is 17.5 Å². The van der Waals surface area contributed by atoms with Crippen LogP contribution in [0.15, 0.2) is 70.4 Å². The predicted molar refractivity (Wildman–Crippen MR) is 115 cm³/mol. The van der Waals surface area contributed by atoms with Crippen LogP contribution in [0.4, 0.5) is 4.39 Å². The molecule has 3 aromatic rings. The molecule has 2 aliphatic heterocycles. The van der Waals surface area contributed by atoms with E-state index >= 15 is 0 Å². The van der Waals surface area contributed by atoms with Crippen molar-refractivity contribution in [3.05, 3.63) is 83.6 Å². The maximum atomic E-state index is 13.4. The predicted octanol–water partition coefficient (Wildman–Crippen LogP) is 3.60. The van der Waals surface area contributed by atoms with Gasteiger partial charge in [-0.1, -0.05) is 18.2 Å². The maximum absolute atomic E-state index is 13.4. The molecule has 33 heavy (non-hydrogen) atoms. The first kappa shape index (κ1) is 20.7. The maximum Gasteiger partial charge on any atom is 0.289 e. The largest absolute Gasteiger partial charge is 0.459 e. The highest BCUT2D eigenvalue weighted by Crippen LogP contribution is 2.39. The quantitative estimate of drug-likeness (QED) is 0.594. The second kappa shape index (κ2) is 8.42. The zero-order chi connectivity index (χ0) is 22.9. The Labute approximate surface area is 188 Å². The first-order valence-electron chi connectivity index (χ1n) is 10.3. The number of rotatable bonds is 5. The third kappa shape index (κ3) is 4.05. The summed E-state index contributed by atoms with van der Waals surface area (Å²) in [7, 11) is 1.53. The van der Waals surface area contributed by atoms with Gasteiger partial charge < -0.3 is 18.8 Å². The third-order valence-corrected chi connectivity index (χ3v) is 5.58. The molecule has 0 fully saturated rings. The fourth-order valence-corrected chi connectivity index (χ4v) is 3.87. The second-order valence-corrected chi connectivity index (χ2v) is 7.76. The Kier molecular flexibility index (Phi) is 5.29. The smallest absolute Gasteiger partial charge is 0.289 e. The van der Waals surface area contributed by atoms with Crippen molar-refractivity contribution < 1.29 is 27.9 Å². The summed E-state index contributed by atoms with van der Waals surface area (Å²) in [5.74, 6) is 0.260. The molecular formula is C24H20FN3O5. The van der Waals surface area contributed by atoms with Crippen LogP contribution in [0.5, 0.6) is 11.5 Å². The van der Waals surface area contributed by atoms with E-state index in [4.69, 9.17) is 13.9 Å². The van der Waals surface area contributed by atoms with E-state index in [2.05, 4.69) is 5.10 Å². The Morgan fingerprint density at radius 2 is 1.91 bits per heavy atom. The lowest BCUT2D eigenvalue weighted by Crippen LogP contribution is -2.39. The van der Waals surface area contributed by atoms with Gasteiger partial charge in [0.15, 0.2) is 17.3 Å². The molecule has 2 aromatic carbocycles. The number of hydrogen-bond acceptors (Lipinski definition) is 6. The van der Waals surface area contributed by atoms with Gasteiger partial charge in [-0.15, -0.1) is 0 Å². The normalized spacial score (nSPS) is 16.6. The molecule has 2 aliphatic rings. The molecular weight excluding hydrogens is 429 g/mol. The Morgan fingerprint density at radius 1 is 1.12 bits per heavy atom. The van der Waals surface area contributed by atoms with Crippen LogP contribution in [0, 0.1) is 5.82 Å². The summed E-state index contributed by atoms with van der Waals surface area (Å²) >= 11 is 0. The molecule has 5 rings (SSSR count). The number of fused-ring (bicyclic) bond motifs is 1. The molecule has 0 unspecified atom stereocenters. The lowest BCUT2D eigenvalue weighted by Gasteiger charge is -2.24. The number of furan rings is 1. The van der Waals surface area contributed by atoms with Crippen LogP contribution in [0.3, 0.4) is 0 Å². The summed E-state index contributed by atoms with van der Waals surface area (Å²) in [5.41, 5.74) is 2.18. The number of carbonyl (C=O) groups excluding carboxylic acids is 2. The molecule has 8 nitrogen and oxygen atoms in total. The monoisotopic (exact) mass is 449 g/mol. The van der Waals surface area contributed by atoms with Crippen molar-refractivity contribution in [1.29, 1.82) is 0 Å². The topological polar surface area (TPSA) is 84.6 Å². The summed E-state index contributed by atoms with van der Waals surface area (Å²) in [5, 5.41) is 5.94. The first-order chi connectivity index (χ1) is 16.0. The minimum Gasteiger partial charge on any atom is -0.459 e. The third-order valence-electron chi connectivity index (χ3n) is 5.58. The number of amides is 2. The minimum absolute atomic E-state index is 0.142. The summed E-state index contributed by atoms with van der Waals surface area (Å²) < 4.78 is 29.4. The molecule has 0 saturated carbocycles. The average Bonchev–Trinajstić information content (AvgIpc) is 3.59.